The number of amides is 1. The van der Waals surface area contributed by atoms with Gasteiger partial charge in [0.25, 0.3) is 0 Å². The number of unbranched alkanes of at least 4 members (excludes halogenated alkanes) is 19. The van der Waals surface area contributed by atoms with E-state index >= 15 is 0 Å². The van der Waals surface area contributed by atoms with E-state index in [0.29, 0.717) is 13.2 Å². The molecule has 42 heavy (non-hydrogen) atoms. The van der Waals surface area contributed by atoms with Crippen molar-refractivity contribution in [2.24, 2.45) is 5.41 Å². The quantitative estimate of drug-likeness (QED) is 0.0643. The zero-order valence-electron chi connectivity index (χ0n) is 28.4. The van der Waals surface area contributed by atoms with Crippen molar-refractivity contribution < 1.29 is 18.8 Å². The highest BCUT2D eigenvalue weighted by molar-refractivity contribution is 7.07. The van der Waals surface area contributed by atoms with Gasteiger partial charge >= 0.3 is 6.09 Å². The average molecular weight is 610 g/mol. The van der Waals surface area contributed by atoms with Crippen LogP contribution in [-0.2, 0) is 16.0 Å². The lowest BCUT2D eigenvalue weighted by Crippen LogP contribution is -2.34. The molecule has 0 aliphatic rings. The van der Waals surface area contributed by atoms with Crippen molar-refractivity contribution in [3.63, 3.8) is 0 Å². The van der Waals surface area contributed by atoms with Gasteiger partial charge in [0.05, 0.1) is 12.0 Å². The minimum atomic E-state index is -0.198. The van der Waals surface area contributed by atoms with E-state index < -0.39 is 0 Å². The summed E-state index contributed by atoms with van der Waals surface area (Å²) in [5, 5.41) is 2.13. The Bertz CT molecular complexity index is 715. The molecule has 0 N–H and O–H groups in total. The van der Waals surface area contributed by atoms with E-state index in [-0.39, 0.29) is 11.5 Å². The molecule has 0 aromatic carbocycles. The Hall–Kier alpha value is -1.14. The summed E-state index contributed by atoms with van der Waals surface area (Å²) in [7, 11) is 1.87. The second-order valence-corrected chi connectivity index (χ2v) is 13.8. The molecule has 1 aromatic heterocycles. The third-order valence-corrected chi connectivity index (χ3v) is 9.41. The summed E-state index contributed by atoms with van der Waals surface area (Å²) >= 11 is 1.75. The fraction of sp³-hybridized carbons (Fsp3) is 0.889. The number of carbonyl (C=O) groups is 1. The lowest BCUT2D eigenvalue weighted by atomic mass is 9.90. The smallest absolute Gasteiger partial charge is 0.409 e. The van der Waals surface area contributed by atoms with E-state index in [1.807, 2.05) is 7.05 Å². The number of aromatic nitrogens is 1. The number of ether oxygens (including phenoxy) is 2. The van der Waals surface area contributed by atoms with E-state index in [0.717, 1.165) is 39.0 Å². The molecule has 1 aromatic rings. The van der Waals surface area contributed by atoms with Crippen molar-refractivity contribution in [1.82, 2.24) is 4.90 Å². The van der Waals surface area contributed by atoms with Gasteiger partial charge in [0.1, 0.15) is 13.2 Å². The van der Waals surface area contributed by atoms with Crippen molar-refractivity contribution >= 4 is 17.4 Å². The van der Waals surface area contributed by atoms with Crippen LogP contribution in [0, 0.1) is 5.41 Å². The van der Waals surface area contributed by atoms with E-state index in [1.54, 1.807) is 16.2 Å². The lowest BCUT2D eigenvalue weighted by Gasteiger charge is -2.28. The van der Waals surface area contributed by atoms with Crippen LogP contribution >= 0.6 is 11.3 Å². The highest BCUT2D eigenvalue weighted by Gasteiger charge is 2.25. The third kappa shape index (κ3) is 22.4. The topological polar surface area (TPSA) is 42.7 Å². The monoisotopic (exact) mass is 610 g/mol. The molecule has 5 nitrogen and oxygen atoms in total. The van der Waals surface area contributed by atoms with Crippen LogP contribution in [-0.4, -0.2) is 44.4 Å². The lowest BCUT2D eigenvalue weighted by molar-refractivity contribution is -0.692. The molecule has 1 rings (SSSR count). The Labute approximate surface area is 265 Å². The average Bonchev–Trinajstić information content (AvgIpc) is 3.52. The molecule has 6 heteroatoms. The Morgan fingerprint density at radius 1 is 0.738 bits per heavy atom. The van der Waals surface area contributed by atoms with Crippen LogP contribution in [0.2, 0.25) is 0 Å². The summed E-state index contributed by atoms with van der Waals surface area (Å²) in [5.41, 5.74) is 2.05. The minimum Gasteiger partial charge on any atom is -0.449 e. The van der Waals surface area contributed by atoms with Crippen LogP contribution in [0.25, 0.3) is 0 Å². The van der Waals surface area contributed by atoms with Crippen molar-refractivity contribution in [3.8, 4) is 0 Å². The number of hydrogen-bond acceptors (Lipinski definition) is 4. The van der Waals surface area contributed by atoms with Crippen LogP contribution in [0.1, 0.15) is 162 Å². The van der Waals surface area contributed by atoms with Gasteiger partial charge < -0.3 is 14.4 Å². The maximum atomic E-state index is 12.5. The van der Waals surface area contributed by atoms with Crippen molar-refractivity contribution in [3.05, 3.63) is 17.1 Å². The molecule has 0 radical (unpaired) electrons. The molecule has 1 amide bonds. The first-order chi connectivity index (χ1) is 20.5. The van der Waals surface area contributed by atoms with Crippen molar-refractivity contribution in [2.75, 3.05) is 33.4 Å². The zero-order chi connectivity index (χ0) is 30.6. The highest BCUT2D eigenvalue weighted by Crippen LogP contribution is 2.23. The van der Waals surface area contributed by atoms with Gasteiger partial charge in [-0.05, 0) is 25.7 Å². The molecule has 0 bridgehead atoms. The fourth-order valence-electron chi connectivity index (χ4n) is 5.32. The van der Waals surface area contributed by atoms with Gasteiger partial charge in [-0.15, -0.1) is 0 Å². The summed E-state index contributed by atoms with van der Waals surface area (Å²) in [6.45, 7) is 10.4. The number of hydrogen-bond donors (Lipinski definition) is 0. The minimum absolute atomic E-state index is 0.123. The zero-order valence-corrected chi connectivity index (χ0v) is 29.2. The first kappa shape index (κ1) is 38.9. The Balaban J connectivity index is 1.93. The first-order valence-corrected chi connectivity index (χ1v) is 18.8. The molecule has 1 heterocycles. The largest absolute Gasteiger partial charge is 0.449 e. The Kier molecular flexibility index (Phi) is 25.4. The van der Waals surface area contributed by atoms with Gasteiger partial charge in [0.15, 0.2) is 6.20 Å². The van der Waals surface area contributed by atoms with Crippen LogP contribution in [0.3, 0.4) is 0 Å². The van der Waals surface area contributed by atoms with Gasteiger partial charge in [0, 0.05) is 32.0 Å². The van der Waals surface area contributed by atoms with E-state index in [9.17, 15) is 4.79 Å². The summed E-state index contributed by atoms with van der Waals surface area (Å²) < 4.78 is 14.0. The summed E-state index contributed by atoms with van der Waals surface area (Å²) in [5.74, 6) is 0. The molecule has 0 fully saturated rings. The Morgan fingerprint density at radius 2 is 1.26 bits per heavy atom. The van der Waals surface area contributed by atoms with Crippen molar-refractivity contribution in [1.29, 1.82) is 0 Å². The molecular formula is C36H69N2O3S+. The standard InChI is InChI=1S/C36H69N2O3S/c1-5-7-8-9-10-11-12-13-14-15-16-17-18-19-21-24-27-37(4)35(39)41-33-36(3,6-2)32-40-30-26-23-20-22-25-28-38-29-31-42-34-38/h29,31,34H,5-28,30,32-33H2,1-4H3/q+1. The van der Waals surface area contributed by atoms with E-state index in [2.05, 4.69) is 42.4 Å². The maximum Gasteiger partial charge on any atom is 0.409 e. The molecule has 0 aliphatic carbocycles. The molecule has 246 valence electrons. The molecule has 1 atom stereocenters. The second kappa shape index (κ2) is 27.4. The fourth-order valence-corrected chi connectivity index (χ4v) is 5.95. The predicted octanol–water partition coefficient (Wildman–Crippen LogP) is 10.7. The molecule has 0 saturated carbocycles. The van der Waals surface area contributed by atoms with Crippen LogP contribution in [0.4, 0.5) is 4.79 Å². The van der Waals surface area contributed by atoms with E-state index in [4.69, 9.17) is 9.47 Å². The van der Waals surface area contributed by atoms with Gasteiger partial charge in [0.2, 0.25) is 5.51 Å². The number of rotatable bonds is 30. The molecule has 0 spiro atoms. The van der Waals surface area contributed by atoms with Crippen LogP contribution in [0.15, 0.2) is 17.1 Å². The van der Waals surface area contributed by atoms with Crippen LogP contribution in [0.5, 0.6) is 0 Å². The number of nitrogens with zero attached hydrogens (tertiary/aromatic N) is 2. The summed E-state index contributed by atoms with van der Waals surface area (Å²) in [6.07, 6.45) is 30.8. The van der Waals surface area contributed by atoms with E-state index in [1.165, 1.54) is 122 Å². The van der Waals surface area contributed by atoms with Gasteiger partial charge in [-0.3, -0.25) is 0 Å². The number of thiazole rings is 1. The first-order valence-electron chi connectivity index (χ1n) is 17.9. The number of aryl methyl sites for hydroxylation is 1. The third-order valence-electron chi connectivity index (χ3n) is 8.74. The Morgan fingerprint density at radius 3 is 1.79 bits per heavy atom. The van der Waals surface area contributed by atoms with Crippen LogP contribution < -0.4 is 4.57 Å². The van der Waals surface area contributed by atoms with Gasteiger partial charge in [-0.2, -0.15) is 4.57 Å². The normalized spacial score (nSPS) is 12.9. The molecular weight excluding hydrogens is 540 g/mol. The summed E-state index contributed by atoms with van der Waals surface area (Å²) in [6, 6.07) is 0. The number of carbonyl (C=O) groups excluding carboxylic acids is 1. The molecule has 0 aliphatic heterocycles. The molecule has 0 saturated heterocycles. The summed E-state index contributed by atoms with van der Waals surface area (Å²) in [4.78, 5) is 14.3. The maximum absolute atomic E-state index is 12.5. The highest BCUT2D eigenvalue weighted by atomic mass is 32.1. The van der Waals surface area contributed by atoms with Gasteiger partial charge in [-0.25, -0.2) is 4.79 Å². The predicted molar refractivity (Wildman–Crippen MR) is 180 cm³/mol. The molecule has 1 unspecified atom stereocenters. The van der Waals surface area contributed by atoms with Crippen molar-refractivity contribution in [2.45, 2.75) is 169 Å². The second-order valence-electron chi connectivity index (χ2n) is 13.0. The van der Waals surface area contributed by atoms with Gasteiger partial charge in [-0.1, -0.05) is 141 Å². The SMILES string of the molecule is CCCCCCCCCCCCCCCCCCN(C)C(=O)OCC(C)(CC)COCCCCCCC[n+]1ccsc1.